The normalized spacial score (nSPS) is 12.6. The lowest BCUT2D eigenvalue weighted by atomic mass is 10.2. The van der Waals surface area contributed by atoms with Gasteiger partial charge in [-0.15, -0.1) is 0 Å². The molecule has 2 aromatic heterocycles. The van der Waals surface area contributed by atoms with E-state index in [2.05, 4.69) is 28.9 Å². The molecule has 0 bridgehead atoms. The third-order valence-corrected chi connectivity index (χ3v) is 2.93. The summed E-state index contributed by atoms with van der Waals surface area (Å²) in [6.07, 6.45) is 4.05. The van der Waals surface area contributed by atoms with Crippen LogP contribution in [0.5, 0.6) is 5.75 Å². The summed E-state index contributed by atoms with van der Waals surface area (Å²) in [5.74, 6) is 2.07. The lowest BCUT2D eigenvalue weighted by Crippen LogP contribution is -2.18. The Bertz CT molecular complexity index is 547. The number of hydrogen-bond acceptors (Lipinski definition) is 5. The number of aromatic nitrogens is 4. The van der Waals surface area contributed by atoms with Crippen LogP contribution in [-0.4, -0.2) is 25.8 Å². The number of ether oxygens (including phenoxy) is 1. The van der Waals surface area contributed by atoms with Crippen LogP contribution in [0.4, 0.5) is 0 Å². The fraction of sp³-hybridized carbons (Fsp3) is 0.533. The molecule has 2 rings (SSSR count). The summed E-state index contributed by atoms with van der Waals surface area (Å²) in [6, 6.07) is 3.96. The molecule has 6 heteroatoms. The minimum absolute atomic E-state index is 0.110. The number of pyridine rings is 1. The minimum Gasteiger partial charge on any atom is -0.484 e. The van der Waals surface area contributed by atoms with Gasteiger partial charge in [0.25, 0.3) is 0 Å². The number of rotatable bonds is 7. The second-order valence-electron chi connectivity index (χ2n) is 5.71. The summed E-state index contributed by atoms with van der Waals surface area (Å²) in [6.45, 7) is 7.49. The van der Waals surface area contributed by atoms with Crippen LogP contribution in [0.25, 0.3) is 0 Å². The van der Waals surface area contributed by atoms with E-state index in [-0.39, 0.29) is 6.04 Å². The molecule has 0 saturated carbocycles. The van der Waals surface area contributed by atoms with Crippen LogP contribution in [0.3, 0.4) is 0 Å². The first-order valence-electron chi connectivity index (χ1n) is 7.24. The summed E-state index contributed by atoms with van der Waals surface area (Å²) in [7, 11) is 0. The van der Waals surface area contributed by atoms with E-state index in [0.717, 1.165) is 30.2 Å². The van der Waals surface area contributed by atoms with E-state index >= 15 is 0 Å². The van der Waals surface area contributed by atoms with Gasteiger partial charge < -0.3 is 10.5 Å². The van der Waals surface area contributed by atoms with E-state index in [1.807, 2.05) is 23.7 Å². The summed E-state index contributed by atoms with van der Waals surface area (Å²) >= 11 is 0. The van der Waals surface area contributed by atoms with Crippen molar-refractivity contribution in [3.05, 3.63) is 36.2 Å². The first-order chi connectivity index (χ1) is 10.0. The summed E-state index contributed by atoms with van der Waals surface area (Å²) in [4.78, 5) is 8.57. The van der Waals surface area contributed by atoms with E-state index in [4.69, 9.17) is 10.5 Å². The van der Waals surface area contributed by atoms with Gasteiger partial charge in [-0.05, 0) is 25.0 Å². The molecule has 21 heavy (non-hydrogen) atoms. The minimum atomic E-state index is 0.110. The Kier molecular flexibility index (Phi) is 5.27. The van der Waals surface area contributed by atoms with Gasteiger partial charge in [-0.3, -0.25) is 4.98 Å². The van der Waals surface area contributed by atoms with Gasteiger partial charge in [0.15, 0.2) is 5.82 Å². The van der Waals surface area contributed by atoms with E-state index in [9.17, 15) is 0 Å². The highest BCUT2D eigenvalue weighted by Gasteiger charge is 2.07. The van der Waals surface area contributed by atoms with Gasteiger partial charge in [-0.2, -0.15) is 5.10 Å². The quantitative estimate of drug-likeness (QED) is 0.840. The summed E-state index contributed by atoms with van der Waals surface area (Å²) in [5.41, 5.74) is 6.72. The Morgan fingerprint density at radius 2 is 2.05 bits per heavy atom. The van der Waals surface area contributed by atoms with Crippen molar-refractivity contribution in [3.63, 3.8) is 0 Å². The SMILES string of the molecule is CC(C)Cn1ncnc1COc1ccc(CC(C)N)nc1. The van der Waals surface area contributed by atoms with Gasteiger partial charge in [0, 0.05) is 24.7 Å². The predicted molar refractivity (Wildman–Crippen MR) is 80.8 cm³/mol. The highest BCUT2D eigenvalue weighted by atomic mass is 16.5. The topological polar surface area (TPSA) is 78.8 Å². The van der Waals surface area contributed by atoms with Crippen molar-refractivity contribution in [3.8, 4) is 5.75 Å². The number of nitrogens with two attached hydrogens (primary N) is 1. The molecule has 114 valence electrons. The van der Waals surface area contributed by atoms with Crippen molar-refractivity contribution in [1.82, 2.24) is 19.7 Å². The summed E-state index contributed by atoms with van der Waals surface area (Å²) in [5, 5.41) is 4.21. The van der Waals surface area contributed by atoms with Crippen molar-refractivity contribution in [2.24, 2.45) is 11.7 Å². The van der Waals surface area contributed by atoms with E-state index < -0.39 is 0 Å². The molecule has 1 atom stereocenters. The molecule has 0 aliphatic carbocycles. The van der Waals surface area contributed by atoms with E-state index in [0.29, 0.717) is 12.5 Å². The van der Waals surface area contributed by atoms with Crippen LogP contribution >= 0.6 is 0 Å². The average molecular weight is 289 g/mol. The maximum Gasteiger partial charge on any atom is 0.164 e. The van der Waals surface area contributed by atoms with Crippen LogP contribution in [-0.2, 0) is 19.6 Å². The average Bonchev–Trinajstić information content (AvgIpc) is 2.84. The number of nitrogens with zero attached hydrogens (tertiary/aromatic N) is 4. The molecule has 1 unspecified atom stereocenters. The molecular weight excluding hydrogens is 266 g/mol. The Labute approximate surface area is 125 Å². The van der Waals surface area contributed by atoms with Gasteiger partial charge in [0.1, 0.15) is 18.7 Å². The molecule has 0 aliphatic rings. The zero-order valence-electron chi connectivity index (χ0n) is 12.9. The monoisotopic (exact) mass is 289 g/mol. The van der Waals surface area contributed by atoms with Crippen molar-refractivity contribution >= 4 is 0 Å². The van der Waals surface area contributed by atoms with Gasteiger partial charge in [0.2, 0.25) is 0 Å². The Balaban J connectivity index is 1.92. The number of hydrogen-bond donors (Lipinski definition) is 1. The smallest absolute Gasteiger partial charge is 0.164 e. The molecule has 6 nitrogen and oxygen atoms in total. The zero-order chi connectivity index (χ0) is 15.2. The Morgan fingerprint density at radius 1 is 1.24 bits per heavy atom. The molecule has 0 saturated heterocycles. The molecule has 0 aliphatic heterocycles. The lowest BCUT2D eigenvalue weighted by Gasteiger charge is -2.10. The second kappa shape index (κ2) is 7.17. The van der Waals surface area contributed by atoms with Crippen molar-refractivity contribution in [1.29, 1.82) is 0 Å². The molecule has 2 heterocycles. The summed E-state index contributed by atoms with van der Waals surface area (Å²) < 4.78 is 7.59. The maximum atomic E-state index is 5.75. The van der Waals surface area contributed by atoms with E-state index in [1.165, 1.54) is 0 Å². The second-order valence-corrected chi connectivity index (χ2v) is 5.71. The highest BCUT2D eigenvalue weighted by Crippen LogP contribution is 2.12. The molecule has 0 aromatic carbocycles. The van der Waals surface area contributed by atoms with Crippen LogP contribution in [0.1, 0.15) is 32.3 Å². The maximum absolute atomic E-state index is 5.75. The van der Waals surface area contributed by atoms with Crippen LogP contribution in [0, 0.1) is 5.92 Å². The highest BCUT2D eigenvalue weighted by molar-refractivity contribution is 5.20. The molecule has 0 fully saturated rings. The van der Waals surface area contributed by atoms with Crippen molar-refractivity contribution in [2.45, 2.75) is 46.4 Å². The van der Waals surface area contributed by atoms with Crippen molar-refractivity contribution in [2.75, 3.05) is 0 Å². The standard InChI is InChI=1S/C15H23N5O/c1-11(2)8-20-15(18-10-19-20)9-21-14-5-4-13(17-7-14)6-12(3)16/h4-5,7,10-12H,6,8-9,16H2,1-3H3. The fourth-order valence-electron chi connectivity index (χ4n) is 1.99. The molecule has 0 radical (unpaired) electrons. The van der Waals surface area contributed by atoms with Crippen LogP contribution in [0.2, 0.25) is 0 Å². The third-order valence-electron chi connectivity index (χ3n) is 2.93. The van der Waals surface area contributed by atoms with Gasteiger partial charge >= 0.3 is 0 Å². The first kappa shape index (κ1) is 15.4. The molecular formula is C15H23N5O. The fourth-order valence-corrected chi connectivity index (χ4v) is 1.99. The Morgan fingerprint density at radius 3 is 2.67 bits per heavy atom. The van der Waals surface area contributed by atoms with Gasteiger partial charge in [-0.25, -0.2) is 9.67 Å². The first-order valence-corrected chi connectivity index (χ1v) is 7.24. The van der Waals surface area contributed by atoms with Crippen LogP contribution in [0.15, 0.2) is 24.7 Å². The molecule has 2 N–H and O–H groups in total. The van der Waals surface area contributed by atoms with Crippen molar-refractivity contribution < 1.29 is 4.74 Å². The predicted octanol–water partition coefficient (Wildman–Crippen LogP) is 1.80. The Hall–Kier alpha value is -1.95. The van der Waals surface area contributed by atoms with Gasteiger partial charge in [0.05, 0.1) is 6.20 Å². The molecule has 2 aromatic rings. The molecule has 0 amide bonds. The van der Waals surface area contributed by atoms with E-state index in [1.54, 1.807) is 12.5 Å². The lowest BCUT2D eigenvalue weighted by molar-refractivity contribution is 0.281. The zero-order valence-corrected chi connectivity index (χ0v) is 12.9. The largest absolute Gasteiger partial charge is 0.484 e. The molecule has 0 spiro atoms. The van der Waals surface area contributed by atoms with Crippen LogP contribution < -0.4 is 10.5 Å². The van der Waals surface area contributed by atoms with Gasteiger partial charge in [-0.1, -0.05) is 13.8 Å². The third kappa shape index (κ3) is 4.82.